The van der Waals surface area contributed by atoms with Crippen LogP contribution in [0, 0.1) is 0 Å². The lowest BCUT2D eigenvalue weighted by Crippen LogP contribution is -2.26. The minimum atomic E-state index is -0.561. The van der Waals surface area contributed by atoms with E-state index in [4.69, 9.17) is 0 Å². The van der Waals surface area contributed by atoms with E-state index in [-0.39, 0.29) is 11.6 Å². The summed E-state index contributed by atoms with van der Waals surface area (Å²) >= 11 is 1.70. The van der Waals surface area contributed by atoms with Gasteiger partial charge in [0.1, 0.15) is 5.69 Å². The predicted molar refractivity (Wildman–Crippen MR) is 93.4 cm³/mol. The first-order chi connectivity index (χ1) is 11.7. The van der Waals surface area contributed by atoms with Crippen LogP contribution in [0.15, 0.2) is 48.0 Å². The number of thiophene rings is 1. The molecule has 0 unspecified atom stereocenters. The Morgan fingerprint density at radius 2 is 2.08 bits per heavy atom. The molecule has 5 nitrogen and oxygen atoms in total. The molecule has 0 saturated heterocycles. The number of aromatic nitrogens is 1. The summed E-state index contributed by atoms with van der Waals surface area (Å²) in [5, 5.41) is 6.23. The number of hydrogen-bond acceptors (Lipinski definition) is 5. The number of nitrogens with one attached hydrogen (secondary N) is 1. The largest absolute Gasteiger partial charge is 0.464 e. The molecule has 3 rings (SSSR count). The van der Waals surface area contributed by atoms with Crippen LogP contribution in [-0.2, 0) is 11.2 Å². The molecule has 24 heavy (non-hydrogen) atoms. The summed E-state index contributed by atoms with van der Waals surface area (Å²) in [6.07, 6.45) is 2.18. The van der Waals surface area contributed by atoms with Crippen LogP contribution in [0.25, 0.3) is 10.1 Å². The van der Waals surface area contributed by atoms with Crippen molar-refractivity contribution in [2.24, 2.45) is 0 Å². The van der Waals surface area contributed by atoms with E-state index in [9.17, 15) is 9.59 Å². The highest BCUT2D eigenvalue weighted by Crippen LogP contribution is 2.25. The third-order valence-electron chi connectivity index (χ3n) is 3.66. The smallest absolute Gasteiger partial charge is 0.356 e. The average molecular weight is 340 g/mol. The Morgan fingerprint density at radius 3 is 2.92 bits per heavy atom. The summed E-state index contributed by atoms with van der Waals surface area (Å²) in [5.74, 6) is -0.795. The van der Waals surface area contributed by atoms with E-state index in [1.165, 1.54) is 35.0 Å². The molecule has 0 atom stereocenters. The fourth-order valence-electron chi connectivity index (χ4n) is 2.43. The van der Waals surface area contributed by atoms with Crippen LogP contribution in [-0.4, -0.2) is 30.5 Å². The topological polar surface area (TPSA) is 68.3 Å². The van der Waals surface area contributed by atoms with Gasteiger partial charge in [-0.25, -0.2) is 9.78 Å². The third kappa shape index (κ3) is 3.44. The molecule has 3 aromatic rings. The van der Waals surface area contributed by atoms with Crippen molar-refractivity contribution in [2.45, 2.75) is 6.42 Å². The number of esters is 1. The maximum Gasteiger partial charge on any atom is 0.356 e. The molecule has 0 saturated carbocycles. The van der Waals surface area contributed by atoms with Crippen LogP contribution < -0.4 is 5.32 Å². The number of carbonyl (C=O) groups is 2. The molecule has 2 aromatic heterocycles. The van der Waals surface area contributed by atoms with Crippen LogP contribution in [0.4, 0.5) is 0 Å². The van der Waals surface area contributed by atoms with E-state index in [2.05, 4.69) is 32.6 Å². The van der Waals surface area contributed by atoms with Crippen molar-refractivity contribution in [3.05, 3.63) is 64.8 Å². The van der Waals surface area contributed by atoms with Crippen molar-refractivity contribution in [3.63, 3.8) is 0 Å². The molecule has 0 spiro atoms. The normalized spacial score (nSPS) is 10.5. The summed E-state index contributed by atoms with van der Waals surface area (Å²) in [6.45, 7) is 0.523. The Kier molecular flexibility index (Phi) is 4.86. The zero-order valence-corrected chi connectivity index (χ0v) is 13.9. The lowest BCUT2D eigenvalue weighted by atomic mass is 10.1. The van der Waals surface area contributed by atoms with Gasteiger partial charge >= 0.3 is 5.97 Å². The molecule has 122 valence electrons. The van der Waals surface area contributed by atoms with Gasteiger partial charge in [0.25, 0.3) is 5.91 Å². The molecule has 0 aliphatic carbocycles. The van der Waals surface area contributed by atoms with Gasteiger partial charge in [0.05, 0.1) is 7.11 Å². The lowest BCUT2D eigenvalue weighted by Gasteiger charge is -2.06. The molecule has 0 aliphatic rings. The molecule has 0 fully saturated rings. The molecule has 6 heteroatoms. The number of ether oxygens (including phenoxy) is 1. The number of methoxy groups -OCH3 is 1. The number of benzene rings is 1. The highest BCUT2D eigenvalue weighted by molar-refractivity contribution is 7.17. The number of carbonyl (C=O) groups excluding carboxylic acids is 2. The minimum absolute atomic E-state index is 0.119. The predicted octanol–water partition coefficient (Wildman–Crippen LogP) is 3.06. The van der Waals surface area contributed by atoms with Gasteiger partial charge in [-0.2, -0.15) is 0 Å². The molecule has 2 heterocycles. The molecule has 0 aliphatic heterocycles. The Bertz CT molecular complexity index is 889. The number of pyridine rings is 1. The third-order valence-corrected chi connectivity index (χ3v) is 4.67. The van der Waals surface area contributed by atoms with Gasteiger partial charge < -0.3 is 10.1 Å². The highest BCUT2D eigenvalue weighted by Gasteiger charge is 2.12. The Morgan fingerprint density at radius 1 is 1.25 bits per heavy atom. The van der Waals surface area contributed by atoms with Gasteiger partial charge in [0.2, 0.25) is 0 Å². The first kappa shape index (κ1) is 16.1. The quantitative estimate of drug-likeness (QED) is 0.725. The van der Waals surface area contributed by atoms with E-state index >= 15 is 0 Å². The van der Waals surface area contributed by atoms with Crippen molar-refractivity contribution < 1.29 is 14.3 Å². The van der Waals surface area contributed by atoms with Crippen molar-refractivity contribution in [2.75, 3.05) is 13.7 Å². The minimum Gasteiger partial charge on any atom is -0.464 e. The van der Waals surface area contributed by atoms with Crippen LogP contribution >= 0.6 is 11.3 Å². The van der Waals surface area contributed by atoms with Crippen molar-refractivity contribution >= 4 is 33.3 Å². The van der Waals surface area contributed by atoms with E-state index in [1.54, 1.807) is 17.4 Å². The second-order valence-corrected chi connectivity index (χ2v) is 6.10. The van der Waals surface area contributed by atoms with Crippen LogP contribution in [0.1, 0.15) is 26.4 Å². The van der Waals surface area contributed by atoms with Crippen LogP contribution in [0.2, 0.25) is 0 Å². The fourth-order valence-corrected chi connectivity index (χ4v) is 3.42. The van der Waals surface area contributed by atoms with Gasteiger partial charge in [-0.05, 0) is 40.9 Å². The summed E-state index contributed by atoms with van der Waals surface area (Å²) in [5.41, 5.74) is 1.73. The number of amides is 1. The van der Waals surface area contributed by atoms with E-state index < -0.39 is 5.97 Å². The summed E-state index contributed by atoms with van der Waals surface area (Å²) in [7, 11) is 1.28. The van der Waals surface area contributed by atoms with E-state index in [0.717, 1.165) is 6.42 Å². The maximum absolute atomic E-state index is 12.2. The standard InChI is InChI=1S/C18H16N2O3S/c1-23-18(22)15-10-12(6-8-19-15)17(21)20-9-7-13-11-24-16-5-3-2-4-14(13)16/h2-6,8,10-11H,7,9H2,1H3,(H,20,21). The Balaban J connectivity index is 1.62. The number of nitrogens with zero attached hydrogens (tertiary/aromatic N) is 1. The van der Waals surface area contributed by atoms with Gasteiger partial charge in [-0.1, -0.05) is 18.2 Å². The summed E-state index contributed by atoms with van der Waals surface area (Å²) in [6, 6.07) is 11.2. The Hall–Kier alpha value is -2.73. The molecule has 0 bridgehead atoms. The molecular weight excluding hydrogens is 324 g/mol. The monoisotopic (exact) mass is 340 g/mol. The SMILES string of the molecule is COC(=O)c1cc(C(=O)NCCc2csc3ccccc23)ccn1. The van der Waals surface area contributed by atoms with Crippen molar-refractivity contribution in [1.82, 2.24) is 10.3 Å². The van der Waals surface area contributed by atoms with Crippen molar-refractivity contribution in [1.29, 1.82) is 0 Å². The van der Waals surface area contributed by atoms with Gasteiger partial charge in [-0.3, -0.25) is 4.79 Å². The summed E-state index contributed by atoms with van der Waals surface area (Å²) < 4.78 is 5.86. The van der Waals surface area contributed by atoms with Crippen molar-refractivity contribution in [3.8, 4) is 0 Å². The number of fused-ring (bicyclic) bond motifs is 1. The molecule has 1 aromatic carbocycles. The molecule has 1 amide bonds. The zero-order chi connectivity index (χ0) is 16.9. The first-order valence-corrected chi connectivity index (χ1v) is 8.34. The summed E-state index contributed by atoms with van der Waals surface area (Å²) in [4.78, 5) is 27.6. The number of rotatable bonds is 5. The van der Waals surface area contributed by atoms with Gasteiger partial charge in [-0.15, -0.1) is 11.3 Å². The Labute approximate surface area is 143 Å². The average Bonchev–Trinajstić information content (AvgIpc) is 3.04. The fraction of sp³-hybridized carbons (Fsp3) is 0.167. The second-order valence-electron chi connectivity index (χ2n) is 5.18. The molecule has 1 N–H and O–H groups in total. The van der Waals surface area contributed by atoms with E-state index in [0.29, 0.717) is 12.1 Å². The zero-order valence-electron chi connectivity index (χ0n) is 13.1. The van der Waals surface area contributed by atoms with Gasteiger partial charge in [0.15, 0.2) is 0 Å². The second kappa shape index (κ2) is 7.23. The van der Waals surface area contributed by atoms with E-state index in [1.807, 2.05) is 12.1 Å². The molecule has 0 radical (unpaired) electrons. The van der Waals surface area contributed by atoms with Crippen LogP contribution in [0.3, 0.4) is 0 Å². The highest BCUT2D eigenvalue weighted by atomic mass is 32.1. The number of hydrogen-bond donors (Lipinski definition) is 1. The lowest BCUT2D eigenvalue weighted by molar-refractivity contribution is 0.0594. The first-order valence-electron chi connectivity index (χ1n) is 7.46. The van der Waals surface area contributed by atoms with Crippen LogP contribution in [0.5, 0.6) is 0 Å². The molecular formula is C18H16N2O3S. The maximum atomic E-state index is 12.2. The van der Waals surface area contributed by atoms with Gasteiger partial charge in [0, 0.05) is 23.0 Å².